The van der Waals surface area contributed by atoms with Gasteiger partial charge >= 0.3 is 0 Å². The Balaban J connectivity index is 2.12. The van der Waals surface area contributed by atoms with E-state index < -0.39 is 0 Å². The summed E-state index contributed by atoms with van der Waals surface area (Å²) in [6.45, 7) is 11.5. The van der Waals surface area contributed by atoms with Crippen molar-refractivity contribution in [2.75, 3.05) is 20.2 Å². The molecule has 1 amide bonds. The summed E-state index contributed by atoms with van der Waals surface area (Å²) in [5.41, 5.74) is 1.94. The molecule has 1 aromatic carbocycles. The Morgan fingerprint density at radius 2 is 1.37 bits per heavy atom. The Kier molecular flexibility index (Phi) is 20.6. The summed E-state index contributed by atoms with van der Waals surface area (Å²) in [5, 5.41) is 0. The predicted octanol–water partition coefficient (Wildman–Crippen LogP) is 10.2. The summed E-state index contributed by atoms with van der Waals surface area (Å²) in [6, 6.07) is 6.23. The molecule has 0 aliphatic carbocycles. The first kappa shape index (κ1) is 37.9. The molecule has 1 rings (SSSR count). The number of carbonyl (C=O) groups excluding carboxylic acids is 2. The zero-order valence-electron chi connectivity index (χ0n) is 28.1. The van der Waals surface area contributed by atoms with Gasteiger partial charge in [0.15, 0.2) is 0 Å². The van der Waals surface area contributed by atoms with Crippen molar-refractivity contribution >= 4 is 11.7 Å². The molecule has 1 aromatic rings. The molecule has 0 unspecified atom stereocenters. The van der Waals surface area contributed by atoms with Gasteiger partial charge in [0, 0.05) is 31.8 Å². The lowest BCUT2D eigenvalue weighted by Gasteiger charge is -2.24. The number of rotatable bonds is 23. The third kappa shape index (κ3) is 18.9. The van der Waals surface area contributed by atoms with Crippen molar-refractivity contribution in [1.82, 2.24) is 4.90 Å². The number of amides is 1. The van der Waals surface area contributed by atoms with Gasteiger partial charge in [-0.1, -0.05) is 93.7 Å². The maximum Gasteiger partial charge on any atom is 0.222 e. The van der Waals surface area contributed by atoms with Gasteiger partial charge in [0.05, 0.1) is 6.61 Å². The number of hydrogen-bond acceptors (Lipinski definition) is 3. The number of aryl methyl sites for hydroxylation is 2. The molecule has 238 valence electrons. The summed E-state index contributed by atoms with van der Waals surface area (Å²) in [4.78, 5) is 27.1. The minimum Gasteiger partial charge on any atom is -0.493 e. The van der Waals surface area contributed by atoms with Crippen molar-refractivity contribution in [3.8, 4) is 5.75 Å². The molecule has 0 atom stereocenters. The van der Waals surface area contributed by atoms with Crippen molar-refractivity contribution in [2.45, 2.75) is 112 Å². The Bertz CT molecular complexity index is 1070. The summed E-state index contributed by atoms with van der Waals surface area (Å²) in [7, 11) is 1.85. The fraction of sp³-hybridized carbons (Fsp3) is 0.538. The predicted molar refractivity (Wildman–Crippen MR) is 185 cm³/mol. The minimum absolute atomic E-state index is 0.155. The molecule has 0 heterocycles. The first-order valence-corrected chi connectivity index (χ1v) is 16.4. The molecular formula is C39H59NO3. The number of ether oxygens (including phenoxy) is 1. The number of unbranched alkanes of at least 4 members (excludes halogenated alkanes) is 1. The van der Waals surface area contributed by atoms with Crippen LogP contribution in [0.25, 0.3) is 0 Å². The lowest BCUT2D eigenvalue weighted by atomic mass is 9.81. The molecule has 0 N–H and O–H groups in total. The number of benzene rings is 1. The largest absolute Gasteiger partial charge is 0.493 e. The van der Waals surface area contributed by atoms with E-state index in [1.807, 2.05) is 20.9 Å². The number of ketones is 1. The molecule has 43 heavy (non-hydrogen) atoms. The van der Waals surface area contributed by atoms with Gasteiger partial charge in [-0.05, 0) is 95.2 Å². The van der Waals surface area contributed by atoms with E-state index in [2.05, 4.69) is 99.7 Å². The number of allylic oxidation sites excluding steroid dienone is 10. The van der Waals surface area contributed by atoms with E-state index in [1.165, 1.54) is 5.56 Å². The van der Waals surface area contributed by atoms with Gasteiger partial charge in [-0.3, -0.25) is 9.59 Å². The van der Waals surface area contributed by atoms with Gasteiger partial charge in [0.1, 0.15) is 11.5 Å². The van der Waals surface area contributed by atoms with E-state index in [1.54, 1.807) is 4.90 Å². The van der Waals surface area contributed by atoms with Crippen LogP contribution in [0.15, 0.2) is 79.0 Å². The standard InChI is InChI=1S/C39H59NO3/c1-7-8-9-10-11-12-13-14-15-16-17-18-19-20-21-22-23-27-38(42)40(6)31-24-26-37(41)39(4,5)30-25-32-43-36-33-34(2)28-29-35(36)3/h8-9,11-12,14-15,17-18,20-21,28-29,33H,7,10,13,16,19,22-27,30-32H2,1-6H3/b9-8-,12-11-,15-14-,18-17-,21-20-. The van der Waals surface area contributed by atoms with E-state index in [0.29, 0.717) is 32.4 Å². The molecule has 0 aromatic heterocycles. The first-order valence-electron chi connectivity index (χ1n) is 16.4. The van der Waals surface area contributed by atoms with Crippen LogP contribution in [0.5, 0.6) is 5.75 Å². The summed E-state index contributed by atoms with van der Waals surface area (Å²) >= 11 is 0. The number of carbonyl (C=O) groups is 2. The van der Waals surface area contributed by atoms with Gasteiger partial charge in [0.2, 0.25) is 5.91 Å². The Labute approximate surface area is 263 Å². The third-order valence-corrected chi connectivity index (χ3v) is 7.54. The smallest absolute Gasteiger partial charge is 0.222 e. The second kappa shape index (κ2) is 23.3. The van der Waals surface area contributed by atoms with Crippen LogP contribution in [0.2, 0.25) is 0 Å². The third-order valence-electron chi connectivity index (χ3n) is 7.54. The Morgan fingerprint density at radius 1 is 0.791 bits per heavy atom. The maximum absolute atomic E-state index is 12.9. The molecule has 0 radical (unpaired) electrons. The van der Waals surface area contributed by atoms with Crippen LogP contribution in [0.4, 0.5) is 0 Å². The Hall–Kier alpha value is -3.14. The van der Waals surface area contributed by atoms with E-state index in [0.717, 1.165) is 69.1 Å². The van der Waals surface area contributed by atoms with Crippen LogP contribution in [0.3, 0.4) is 0 Å². The maximum atomic E-state index is 12.9. The van der Waals surface area contributed by atoms with Crippen molar-refractivity contribution in [1.29, 1.82) is 0 Å². The molecule has 0 aliphatic rings. The lowest BCUT2D eigenvalue weighted by molar-refractivity contribution is -0.131. The molecule has 0 fully saturated rings. The van der Waals surface area contributed by atoms with Gasteiger partial charge in [-0.2, -0.15) is 0 Å². The van der Waals surface area contributed by atoms with Crippen molar-refractivity contribution in [3.05, 3.63) is 90.1 Å². The van der Waals surface area contributed by atoms with Crippen LogP contribution >= 0.6 is 0 Å². The van der Waals surface area contributed by atoms with Crippen LogP contribution in [0.1, 0.15) is 109 Å². The quantitative estimate of drug-likeness (QED) is 0.0942. The SMILES string of the molecule is CC/C=C\C/C=C\C/C=C\C/C=C\C/C=C\CCCC(=O)N(C)CCCC(=O)C(C)(C)CCCOc1cc(C)ccc1C. The summed E-state index contributed by atoms with van der Waals surface area (Å²) in [6.07, 6.45) is 32.1. The molecule has 0 bridgehead atoms. The van der Waals surface area contributed by atoms with E-state index in [4.69, 9.17) is 4.74 Å². The average Bonchev–Trinajstić information content (AvgIpc) is 2.98. The fourth-order valence-corrected chi connectivity index (χ4v) is 4.57. The summed E-state index contributed by atoms with van der Waals surface area (Å²) in [5.74, 6) is 1.34. The number of nitrogens with zero attached hydrogens (tertiary/aromatic N) is 1. The molecular weight excluding hydrogens is 530 g/mol. The highest BCUT2D eigenvalue weighted by molar-refractivity contribution is 5.84. The first-order chi connectivity index (χ1) is 20.7. The number of Topliss-reactive ketones (excluding diaryl/α,β-unsaturated/α-hetero) is 1. The van der Waals surface area contributed by atoms with Crippen molar-refractivity contribution < 1.29 is 14.3 Å². The lowest BCUT2D eigenvalue weighted by Crippen LogP contribution is -2.29. The highest BCUT2D eigenvalue weighted by atomic mass is 16.5. The molecule has 4 heteroatoms. The van der Waals surface area contributed by atoms with Gasteiger partial charge in [-0.25, -0.2) is 0 Å². The van der Waals surface area contributed by atoms with Crippen LogP contribution < -0.4 is 4.74 Å². The summed E-state index contributed by atoms with van der Waals surface area (Å²) < 4.78 is 5.96. The van der Waals surface area contributed by atoms with Crippen LogP contribution in [-0.4, -0.2) is 36.8 Å². The normalized spacial score (nSPS) is 12.5. The van der Waals surface area contributed by atoms with Gasteiger partial charge in [0.25, 0.3) is 0 Å². The van der Waals surface area contributed by atoms with Crippen molar-refractivity contribution in [2.24, 2.45) is 5.41 Å². The van der Waals surface area contributed by atoms with Crippen LogP contribution in [0, 0.1) is 19.3 Å². The number of hydrogen-bond donors (Lipinski definition) is 0. The molecule has 0 saturated carbocycles. The minimum atomic E-state index is -0.380. The highest BCUT2D eigenvalue weighted by Crippen LogP contribution is 2.27. The topological polar surface area (TPSA) is 46.6 Å². The van der Waals surface area contributed by atoms with Gasteiger partial charge < -0.3 is 9.64 Å². The fourth-order valence-electron chi connectivity index (χ4n) is 4.57. The van der Waals surface area contributed by atoms with Crippen LogP contribution in [-0.2, 0) is 9.59 Å². The van der Waals surface area contributed by atoms with E-state index in [9.17, 15) is 9.59 Å². The van der Waals surface area contributed by atoms with Crippen molar-refractivity contribution in [3.63, 3.8) is 0 Å². The monoisotopic (exact) mass is 589 g/mol. The molecule has 0 spiro atoms. The Morgan fingerprint density at radius 3 is 1.98 bits per heavy atom. The zero-order valence-corrected chi connectivity index (χ0v) is 28.1. The second-order valence-electron chi connectivity index (χ2n) is 12.0. The second-order valence-corrected chi connectivity index (χ2v) is 12.0. The highest BCUT2D eigenvalue weighted by Gasteiger charge is 2.26. The molecule has 4 nitrogen and oxygen atoms in total. The molecule has 0 aliphatic heterocycles. The zero-order chi connectivity index (χ0) is 31.8. The average molecular weight is 590 g/mol. The molecule has 0 saturated heterocycles. The van der Waals surface area contributed by atoms with Gasteiger partial charge in [-0.15, -0.1) is 0 Å². The van der Waals surface area contributed by atoms with E-state index >= 15 is 0 Å². The van der Waals surface area contributed by atoms with E-state index in [-0.39, 0.29) is 17.1 Å².